The van der Waals surface area contributed by atoms with Crippen LogP contribution in [0.5, 0.6) is 0 Å². The van der Waals surface area contributed by atoms with Crippen LogP contribution in [0.25, 0.3) is 0 Å². The average Bonchev–Trinajstić information content (AvgIpc) is 3.09. The van der Waals surface area contributed by atoms with Crippen LogP contribution < -0.4 is 31.8 Å². The van der Waals surface area contributed by atoms with Crippen LogP contribution in [0.15, 0.2) is 182 Å². The fourth-order valence-corrected chi connectivity index (χ4v) is 15.3. The van der Waals surface area contributed by atoms with Gasteiger partial charge in [-0.25, -0.2) is 0 Å². The Labute approximate surface area is 268 Å². The average molecular weight is 639 g/mol. The molecule has 0 aliphatic carbocycles. The van der Waals surface area contributed by atoms with Gasteiger partial charge in [-0.15, -0.1) is 0 Å². The van der Waals surface area contributed by atoms with Gasteiger partial charge in [-0.3, -0.25) is 0 Å². The third kappa shape index (κ3) is 6.47. The normalized spacial score (nSPS) is 11.4. The summed E-state index contributed by atoms with van der Waals surface area (Å²) in [5.41, 5.74) is 0. The van der Waals surface area contributed by atoms with Crippen LogP contribution >= 0.6 is 14.5 Å². The number of hydrogen-bond donors (Lipinski definition) is 0. The van der Waals surface area contributed by atoms with E-state index in [0.29, 0.717) is 0 Å². The van der Waals surface area contributed by atoms with Gasteiger partial charge in [0.15, 0.2) is 0 Å². The van der Waals surface area contributed by atoms with Crippen molar-refractivity contribution in [1.29, 1.82) is 0 Å². The summed E-state index contributed by atoms with van der Waals surface area (Å²) in [6.07, 6.45) is 4.65. The van der Waals surface area contributed by atoms with Crippen LogP contribution in [-0.2, 0) is 16.5 Å². The van der Waals surface area contributed by atoms with Gasteiger partial charge in [-0.1, -0.05) is 109 Å². The summed E-state index contributed by atoms with van der Waals surface area (Å²) >= 11 is 0. The fourth-order valence-electron chi connectivity index (χ4n) is 6.46. The third-order valence-corrected chi connectivity index (χ3v) is 17.5. The summed E-state index contributed by atoms with van der Waals surface area (Å²) < 4.78 is 0. The first-order valence-electron chi connectivity index (χ1n) is 14.9. The Bertz CT molecular complexity index is 1320. The topological polar surface area (TPSA) is 0 Å². The molecule has 0 unspecified atom stereocenters. The van der Waals surface area contributed by atoms with Gasteiger partial charge in [0, 0.05) is 16.5 Å². The zero-order valence-electron chi connectivity index (χ0n) is 24.4. The van der Waals surface area contributed by atoms with Crippen molar-refractivity contribution in [3.63, 3.8) is 0 Å². The van der Waals surface area contributed by atoms with Crippen LogP contribution in [0.4, 0.5) is 0 Å². The van der Waals surface area contributed by atoms with Crippen LogP contribution in [0, 0.1) is 0 Å². The Morgan fingerprint density at radius 1 is 0.256 bits per heavy atom. The minimum Gasteiger partial charge on any atom is -0.0620 e. The molecular weight excluding hydrogens is 601 g/mol. The summed E-state index contributed by atoms with van der Waals surface area (Å²) in [6.45, 7) is 0. The first kappa shape index (κ1) is 31.1. The second-order valence-electron chi connectivity index (χ2n) is 10.8. The summed E-state index contributed by atoms with van der Waals surface area (Å²) in [6, 6.07) is 67.8. The van der Waals surface area contributed by atoms with E-state index in [1.54, 1.807) is 0 Å². The predicted molar refractivity (Wildman–Crippen MR) is 189 cm³/mol. The summed E-state index contributed by atoms with van der Waals surface area (Å²) in [7, 11) is -3.68. The van der Waals surface area contributed by atoms with Crippen molar-refractivity contribution in [2.24, 2.45) is 0 Å². The van der Waals surface area contributed by atoms with E-state index in [1.807, 2.05) is 0 Å². The molecule has 0 saturated carbocycles. The molecule has 3 heteroatoms. The van der Waals surface area contributed by atoms with Crippen LogP contribution in [0.1, 0.15) is 12.8 Å². The van der Waals surface area contributed by atoms with E-state index in [1.165, 1.54) is 44.7 Å². The Balaban J connectivity index is 0.00000368. The van der Waals surface area contributed by atoms with Gasteiger partial charge in [0.1, 0.15) is 46.4 Å². The molecule has 0 N–H and O–H groups in total. The standard InChI is InChI=1S/C40H38P2.Ni/c1-7-21-35(22-8-1)41(36-23-9-2-10-24-36,37-25-11-3-12-26-37)33-19-20-34-42(38-27-13-4-14-28-38,39-29-15-5-16-30-39)40-31-17-6-18-32-40;/h1-18,21-32H,19-20,33-34H2;/q+2;. The van der Waals surface area contributed by atoms with E-state index >= 15 is 0 Å². The second-order valence-corrected chi connectivity index (χ2v) is 18.0. The van der Waals surface area contributed by atoms with Gasteiger partial charge < -0.3 is 0 Å². The maximum absolute atomic E-state index is 2.36. The number of hydrogen-bond acceptors (Lipinski definition) is 0. The number of rotatable bonds is 11. The molecule has 43 heavy (non-hydrogen) atoms. The molecule has 6 rings (SSSR count). The van der Waals surface area contributed by atoms with Crippen molar-refractivity contribution in [3.8, 4) is 0 Å². The maximum Gasteiger partial charge on any atom is 0.112 e. The molecule has 6 aromatic rings. The quantitative estimate of drug-likeness (QED) is 0.0773. The Kier molecular flexibility index (Phi) is 10.8. The van der Waals surface area contributed by atoms with Crippen molar-refractivity contribution in [1.82, 2.24) is 0 Å². The molecule has 0 aromatic heterocycles. The molecule has 0 heterocycles. The number of unbranched alkanes of at least 4 members (excludes halogenated alkanes) is 1. The molecule has 0 amide bonds. The molecule has 0 atom stereocenters. The molecule has 0 spiro atoms. The van der Waals surface area contributed by atoms with Gasteiger partial charge in [-0.2, -0.15) is 0 Å². The zero-order chi connectivity index (χ0) is 28.5. The van der Waals surface area contributed by atoms with E-state index in [0.717, 1.165) is 12.3 Å². The van der Waals surface area contributed by atoms with E-state index in [9.17, 15) is 0 Å². The fraction of sp³-hybridized carbons (Fsp3) is 0.100. The van der Waals surface area contributed by atoms with Crippen molar-refractivity contribution in [3.05, 3.63) is 182 Å². The summed E-state index contributed by atoms with van der Waals surface area (Å²) in [5, 5.41) is 8.82. The van der Waals surface area contributed by atoms with Crippen molar-refractivity contribution in [2.45, 2.75) is 12.8 Å². The van der Waals surface area contributed by atoms with Gasteiger partial charge in [0.05, 0.1) is 12.3 Å². The molecule has 0 radical (unpaired) electrons. The van der Waals surface area contributed by atoms with Gasteiger partial charge in [-0.05, 0) is 85.6 Å². The first-order valence-corrected chi connectivity index (χ1v) is 18.9. The van der Waals surface area contributed by atoms with Crippen LogP contribution in [0.3, 0.4) is 0 Å². The molecule has 0 aliphatic heterocycles. The van der Waals surface area contributed by atoms with Crippen molar-refractivity contribution < 1.29 is 16.5 Å². The molecule has 0 saturated heterocycles. The van der Waals surface area contributed by atoms with E-state index in [4.69, 9.17) is 0 Å². The second kappa shape index (κ2) is 14.9. The Morgan fingerprint density at radius 2 is 0.419 bits per heavy atom. The van der Waals surface area contributed by atoms with Crippen LogP contribution in [-0.4, -0.2) is 12.3 Å². The maximum atomic E-state index is 2.36. The first-order chi connectivity index (χ1) is 20.8. The summed E-state index contributed by atoms with van der Waals surface area (Å²) in [5.74, 6) is 0. The number of benzene rings is 6. The largest absolute Gasteiger partial charge is 0.112 e. The van der Waals surface area contributed by atoms with Gasteiger partial charge >= 0.3 is 0 Å². The molecule has 6 aromatic carbocycles. The molecule has 0 fully saturated rings. The summed E-state index contributed by atoms with van der Waals surface area (Å²) in [4.78, 5) is 0. The molecule has 0 bridgehead atoms. The Hall–Kier alpha value is -3.33. The zero-order valence-corrected chi connectivity index (χ0v) is 27.1. The molecular formula is C40H38NiP2+2. The third-order valence-electron chi connectivity index (χ3n) is 8.42. The van der Waals surface area contributed by atoms with Crippen molar-refractivity contribution >= 4 is 46.4 Å². The molecule has 216 valence electrons. The Morgan fingerprint density at radius 3 is 0.581 bits per heavy atom. The van der Waals surface area contributed by atoms with Gasteiger partial charge in [0.2, 0.25) is 0 Å². The van der Waals surface area contributed by atoms with E-state index < -0.39 is 14.5 Å². The molecule has 0 nitrogen and oxygen atoms in total. The minimum atomic E-state index is -1.84. The molecule has 0 aliphatic rings. The predicted octanol–water partition coefficient (Wildman–Crippen LogP) is 7.75. The smallest absolute Gasteiger partial charge is 0.0620 e. The van der Waals surface area contributed by atoms with Gasteiger partial charge in [0.25, 0.3) is 0 Å². The monoisotopic (exact) mass is 638 g/mol. The van der Waals surface area contributed by atoms with Crippen LogP contribution in [0.2, 0.25) is 0 Å². The van der Waals surface area contributed by atoms with E-state index in [-0.39, 0.29) is 16.5 Å². The van der Waals surface area contributed by atoms with E-state index in [2.05, 4.69) is 182 Å². The van der Waals surface area contributed by atoms with Crippen molar-refractivity contribution in [2.75, 3.05) is 12.3 Å². The minimum absolute atomic E-state index is 0. The SMILES string of the molecule is [Ni].c1ccc([P+](CCCC[P+](c2ccccc2)(c2ccccc2)c2ccccc2)(c2ccccc2)c2ccccc2)cc1.